The highest BCUT2D eigenvalue weighted by atomic mass is 32.1. The van der Waals surface area contributed by atoms with E-state index in [0.717, 1.165) is 15.8 Å². The number of hydrogen-bond donors (Lipinski definition) is 0. The van der Waals surface area contributed by atoms with Crippen LogP contribution in [0.3, 0.4) is 0 Å². The van der Waals surface area contributed by atoms with Crippen molar-refractivity contribution in [3.8, 4) is 11.6 Å². The zero-order chi connectivity index (χ0) is 16.2. The molecule has 0 bridgehead atoms. The van der Waals surface area contributed by atoms with E-state index in [4.69, 9.17) is 9.47 Å². The molecule has 0 radical (unpaired) electrons. The van der Waals surface area contributed by atoms with Crippen LogP contribution in [-0.2, 0) is 6.61 Å². The van der Waals surface area contributed by atoms with Crippen LogP contribution in [0.25, 0.3) is 10.2 Å². The Morgan fingerprint density at radius 3 is 2.87 bits per heavy atom. The van der Waals surface area contributed by atoms with E-state index < -0.39 is 0 Å². The van der Waals surface area contributed by atoms with Crippen molar-refractivity contribution in [1.29, 1.82) is 0 Å². The molecule has 2 heterocycles. The second-order valence-electron chi connectivity index (χ2n) is 4.92. The van der Waals surface area contributed by atoms with Gasteiger partial charge >= 0.3 is 0 Å². The number of nitrogens with zero attached hydrogens (tertiary/aromatic N) is 2. The highest BCUT2D eigenvalue weighted by Crippen LogP contribution is 2.28. The summed E-state index contributed by atoms with van der Waals surface area (Å²) in [5.74, 6) is 1.26. The molecule has 118 valence electrons. The van der Waals surface area contributed by atoms with Gasteiger partial charge < -0.3 is 9.47 Å². The first-order valence-electron chi connectivity index (χ1n) is 7.26. The van der Waals surface area contributed by atoms with Crippen molar-refractivity contribution < 1.29 is 14.3 Å². The topological polar surface area (TPSA) is 61.3 Å². The number of aromatic nitrogens is 2. The fourth-order valence-electron chi connectivity index (χ4n) is 2.24. The van der Waals surface area contributed by atoms with E-state index in [1.54, 1.807) is 36.5 Å². The number of fused-ring (bicyclic) bond motifs is 1. The largest absolute Gasteiger partial charge is 0.493 e. The van der Waals surface area contributed by atoms with Gasteiger partial charge in [-0.25, -0.2) is 9.97 Å². The molecule has 0 amide bonds. The molecule has 6 heteroatoms. The highest BCUT2D eigenvalue weighted by molar-refractivity contribution is 7.16. The zero-order valence-corrected chi connectivity index (χ0v) is 13.7. The first-order valence-corrected chi connectivity index (χ1v) is 8.14. The molecule has 2 aromatic heterocycles. The average Bonchev–Trinajstić information content (AvgIpc) is 3.03. The van der Waals surface area contributed by atoms with Crippen molar-refractivity contribution in [1.82, 2.24) is 9.97 Å². The summed E-state index contributed by atoms with van der Waals surface area (Å²) < 4.78 is 11.5. The Morgan fingerprint density at radius 2 is 2.09 bits per heavy atom. The summed E-state index contributed by atoms with van der Waals surface area (Å²) in [6.07, 6.45) is 1.49. The van der Waals surface area contributed by atoms with Gasteiger partial charge in [-0.15, -0.1) is 11.3 Å². The molecule has 0 aliphatic rings. The Hall–Kier alpha value is -2.47. The van der Waals surface area contributed by atoms with Crippen LogP contribution in [0.5, 0.6) is 11.6 Å². The van der Waals surface area contributed by atoms with E-state index in [1.165, 1.54) is 6.33 Å². The van der Waals surface area contributed by atoms with Crippen molar-refractivity contribution in [2.24, 2.45) is 0 Å². The number of Topliss-reactive ketones (excluding diaryl/α,β-unsaturated/α-hetero) is 1. The number of carbonyl (C=O) groups is 1. The first kappa shape index (κ1) is 15.4. The van der Waals surface area contributed by atoms with Crippen molar-refractivity contribution in [3.05, 3.63) is 47.1 Å². The number of thiophene rings is 1. The monoisotopic (exact) mass is 328 g/mol. The van der Waals surface area contributed by atoms with E-state index in [1.807, 2.05) is 18.4 Å². The number of ether oxygens (including phenoxy) is 2. The predicted octanol–water partition coefficient (Wildman–Crippen LogP) is 3.87. The molecule has 5 nitrogen and oxygen atoms in total. The van der Waals surface area contributed by atoms with Gasteiger partial charge in [0.1, 0.15) is 23.5 Å². The molecule has 0 spiro atoms. The Morgan fingerprint density at radius 1 is 1.22 bits per heavy atom. The molecule has 23 heavy (non-hydrogen) atoms. The number of rotatable bonds is 6. The van der Waals surface area contributed by atoms with E-state index in [-0.39, 0.29) is 12.4 Å². The van der Waals surface area contributed by atoms with Crippen LogP contribution >= 0.6 is 11.3 Å². The minimum absolute atomic E-state index is 0.0107. The number of benzene rings is 1. The maximum Gasteiger partial charge on any atom is 0.225 e. The van der Waals surface area contributed by atoms with Crippen molar-refractivity contribution in [2.45, 2.75) is 20.5 Å². The van der Waals surface area contributed by atoms with E-state index in [0.29, 0.717) is 23.8 Å². The summed E-state index contributed by atoms with van der Waals surface area (Å²) in [5.41, 5.74) is 1.46. The molecule has 0 saturated carbocycles. The van der Waals surface area contributed by atoms with Crippen molar-refractivity contribution in [3.63, 3.8) is 0 Å². The lowest BCUT2D eigenvalue weighted by Crippen LogP contribution is -2.04. The first-order chi connectivity index (χ1) is 11.2. The summed E-state index contributed by atoms with van der Waals surface area (Å²) in [6, 6.07) is 7.31. The molecule has 3 aromatic rings. The van der Waals surface area contributed by atoms with Gasteiger partial charge in [-0.1, -0.05) is 0 Å². The van der Waals surface area contributed by atoms with Gasteiger partial charge in [0.15, 0.2) is 5.78 Å². The van der Waals surface area contributed by atoms with E-state index in [2.05, 4.69) is 9.97 Å². The fraction of sp³-hybridized carbons (Fsp3) is 0.235. The van der Waals surface area contributed by atoms with Crippen molar-refractivity contribution >= 4 is 27.3 Å². The van der Waals surface area contributed by atoms with E-state index in [9.17, 15) is 4.79 Å². The van der Waals surface area contributed by atoms with Gasteiger partial charge in [0.25, 0.3) is 0 Å². The Kier molecular flexibility index (Phi) is 4.52. The lowest BCUT2D eigenvalue weighted by molar-refractivity contribution is 0.101. The summed E-state index contributed by atoms with van der Waals surface area (Å²) >= 11 is 1.54. The van der Waals surface area contributed by atoms with Crippen LogP contribution < -0.4 is 9.47 Å². The Balaban J connectivity index is 1.88. The van der Waals surface area contributed by atoms with Crippen LogP contribution in [0.4, 0.5) is 0 Å². The second-order valence-corrected chi connectivity index (χ2v) is 5.81. The third-order valence-electron chi connectivity index (χ3n) is 3.36. The summed E-state index contributed by atoms with van der Waals surface area (Å²) in [4.78, 5) is 20.9. The lowest BCUT2D eigenvalue weighted by atomic mass is 10.1. The Labute approximate surface area is 137 Å². The number of carbonyl (C=O) groups excluding carboxylic acids is 1. The van der Waals surface area contributed by atoms with Gasteiger partial charge in [-0.05, 0) is 43.5 Å². The van der Waals surface area contributed by atoms with E-state index >= 15 is 0 Å². The molecule has 0 N–H and O–H groups in total. The molecule has 1 aromatic carbocycles. The van der Waals surface area contributed by atoms with Gasteiger partial charge in [0.2, 0.25) is 5.88 Å². The van der Waals surface area contributed by atoms with Crippen LogP contribution in [0.2, 0.25) is 0 Å². The van der Waals surface area contributed by atoms with Crippen molar-refractivity contribution in [2.75, 3.05) is 6.61 Å². The summed E-state index contributed by atoms with van der Waals surface area (Å²) in [5, 5.41) is 2.84. The molecule has 0 fully saturated rings. The second kappa shape index (κ2) is 6.75. The molecule has 3 rings (SSSR count). The molecule has 0 saturated heterocycles. The lowest BCUT2D eigenvalue weighted by Gasteiger charge is -2.12. The predicted molar refractivity (Wildman–Crippen MR) is 89.4 cm³/mol. The number of ketones is 1. The highest BCUT2D eigenvalue weighted by Gasteiger charge is 2.11. The summed E-state index contributed by atoms with van der Waals surface area (Å²) in [6.45, 7) is 4.29. The molecule has 0 aliphatic heterocycles. The quantitative estimate of drug-likeness (QED) is 0.643. The molecule has 0 atom stereocenters. The summed E-state index contributed by atoms with van der Waals surface area (Å²) in [7, 11) is 0. The van der Waals surface area contributed by atoms with Gasteiger partial charge in [0.05, 0.1) is 12.0 Å². The van der Waals surface area contributed by atoms with Crippen LogP contribution in [0, 0.1) is 0 Å². The minimum Gasteiger partial charge on any atom is -0.493 e. The Bertz CT molecular complexity index is 845. The number of hydrogen-bond acceptors (Lipinski definition) is 6. The van der Waals surface area contributed by atoms with Gasteiger partial charge in [-0.3, -0.25) is 4.79 Å². The maximum atomic E-state index is 11.6. The molecular weight excluding hydrogens is 312 g/mol. The molecular formula is C17H16N2O3S. The van der Waals surface area contributed by atoms with Gasteiger partial charge in [-0.2, -0.15) is 0 Å². The SMILES string of the molecule is CCOc1ccc(C(C)=O)cc1COc1ncnc2sccc12. The third-order valence-corrected chi connectivity index (χ3v) is 4.18. The molecule has 0 unspecified atom stereocenters. The molecule has 0 aliphatic carbocycles. The average molecular weight is 328 g/mol. The third kappa shape index (κ3) is 3.32. The van der Waals surface area contributed by atoms with Crippen LogP contribution in [0.1, 0.15) is 29.8 Å². The van der Waals surface area contributed by atoms with Crippen LogP contribution in [0.15, 0.2) is 36.0 Å². The zero-order valence-electron chi connectivity index (χ0n) is 12.9. The standard InChI is InChI=1S/C17H16N2O3S/c1-3-21-15-5-4-12(11(2)20)8-13(15)9-22-16-14-6-7-23-17(14)19-10-18-16/h4-8,10H,3,9H2,1-2H3. The smallest absolute Gasteiger partial charge is 0.225 e. The normalized spacial score (nSPS) is 10.7. The minimum atomic E-state index is 0.0107. The van der Waals surface area contributed by atoms with Gasteiger partial charge in [0, 0.05) is 11.1 Å². The maximum absolute atomic E-state index is 11.6. The van der Waals surface area contributed by atoms with Crippen LogP contribution in [-0.4, -0.2) is 22.4 Å². The fourth-order valence-corrected chi connectivity index (χ4v) is 2.96.